The van der Waals surface area contributed by atoms with Crippen molar-refractivity contribution in [2.75, 3.05) is 0 Å². The fraction of sp³-hybridized carbons (Fsp3) is 0.400. The molecule has 2 aliphatic carbocycles. The molecule has 0 bridgehead atoms. The molecule has 1 unspecified atom stereocenters. The number of fused-ring (bicyclic) bond motifs is 2. The van der Waals surface area contributed by atoms with E-state index in [9.17, 15) is 0 Å². The molecule has 0 aromatic heterocycles. The van der Waals surface area contributed by atoms with Crippen molar-refractivity contribution in [2.24, 2.45) is 5.92 Å². The molecule has 0 nitrogen and oxygen atoms in total. The highest BCUT2D eigenvalue weighted by atomic mass is 14.3. The second kappa shape index (κ2) is 5.09. The van der Waals surface area contributed by atoms with Crippen LogP contribution in [-0.4, -0.2) is 0 Å². The summed E-state index contributed by atoms with van der Waals surface area (Å²) in [4.78, 5) is 0. The molecular formula is C20H22. The van der Waals surface area contributed by atoms with Crippen LogP contribution in [0.1, 0.15) is 55.6 Å². The van der Waals surface area contributed by atoms with Crippen molar-refractivity contribution in [1.82, 2.24) is 0 Å². The van der Waals surface area contributed by atoms with E-state index in [0.29, 0.717) is 0 Å². The number of hydrogen-bond donors (Lipinski definition) is 0. The first-order valence-electron chi connectivity index (χ1n) is 8.11. The van der Waals surface area contributed by atoms with Gasteiger partial charge in [0.2, 0.25) is 0 Å². The Morgan fingerprint density at radius 2 is 1.60 bits per heavy atom. The molecule has 1 saturated carbocycles. The Morgan fingerprint density at radius 3 is 2.40 bits per heavy atom. The SMILES string of the molecule is C1=Cc2cc3ccccc3cc2C(C2CCCCC2)C1. The first-order valence-corrected chi connectivity index (χ1v) is 8.11. The highest BCUT2D eigenvalue weighted by Crippen LogP contribution is 2.43. The smallest absolute Gasteiger partial charge is 0.00928 e. The summed E-state index contributed by atoms with van der Waals surface area (Å²) in [5.41, 5.74) is 3.07. The Kier molecular flexibility index (Phi) is 3.10. The van der Waals surface area contributed by atoms with Gasteiger partial charge in [-0.2, -0.15) is 0 Å². The third-order valence-electron chi connectivity index (χ3n) is 5.26. The molecule has 1 fully saturated rings. The van der Waals surface area contributed by atoms with Crippen LogP contribution in [0.5, 0.6) is 0 Å². The Morgan fingerprint density at radius 1 is 0.850 bits per heavy atom. The van der Waals surface area contributed by atoms with E-state index < -0.39 is 0 Å². The normalized spacial score (nSPS) is 22.9. The maximum absolute atomic E-state index is 2.47. The summed E-state index contributed by atoms with van der Waals surface area (Å²) in [6.07, 6.45) is 13.2. The predicted molar refractivity (Wildman–Crippen MR) is 86.9 cm³/mol. The summed E-state index contributed by atoms with van der Waals surface area (Å²) in [7, 11) is 0. The molecule has 102 valence electrons. The zero-order chi connectivity index (χ0) is 13.4. The van der Waals surface area contributed by atoms with Gasteiger partial charge in [0, 0.05) is 0 Å². The number of benzene rings is 2. The monoisotopic (exact) mass is 262 g/mol. The molecule has 0 aliphatic heterocycles. The van der Waals surface area contributed by atoms with Gasteiger partial charge in [-0.15, -0.1) is 0 Å². The zero-order valence-electron chi connectivity index (χ0n) is 12.0. The summed E-state index contributed by atoms with van der Waals surface area (Å²) >= 11 is 0. The summed E-state index contributed by atoms with van der Waals surface area (Å²) in [6, 6.07) is 13.6. The minimum atomic E-state index is 0.764. The van der Waals surface area contributed by atoms with Crippen molar-refractivity contribution < 1.29 is 0 Å². The largest absolute Gasteiger partial charge is 0.0833 e. The summed E-state index contributed by atoms with van der Waals surface area (Å²) in [5.74, 6) is 1.67. The summed E-state index contributed by atoms with van der Waals surface area (Å²) in [5, 5.41) is 2.78. The van der Waals surface area contributed by atoms with Crippen molar-refractivity contribution in [1.29, 1.82) is 0 Å². The highest BCUT2D eigenvalue weighted by molar-refractivity contribution is 5.86. The quantitative estimate of drug-likeness (QED) is 0.598. The molecular weight excluding hydrogens is 240 g/mol. The van der Waals surface area contributed by atoms with Crippen LogP contribution in [0.2, 0.25) is 0 Å². The molecule has 1 atom stereocenters. The van der Waals surface area contributed by atoms with Gasteiger partial charge in [0.25, 0.3) is 0 Å². The first kappa shape index (κ1) is 12.2. The molecule has 20 heavy (non-hydrogen) atoms. The fourth-order valence-electron chi connectivity index (χ4n) is 4.19. The minimum Gasteiger partial charge on any atom is -0.0833 e. The molecule has 0 radical (unpaired) electrons. The maximum atomic E-state index is 2.47. The Bertz CT molecular complexity index is 644. The van der Waals surface area contributed by atoms with Crippen LogP contribution >= 0.6 is 0 Å². The topological polar surface area (TPSA) is 0 Å². The molecule has 0 spiro atoms. The molecule has 0 heteroatoms. The maximum Gasteiger partial charge on any atom is -0.00928 e. The van der Waals surface area contributed by atoms with E-state index in [0.717, 1.165) is 11.8 Å². The van der Waals surface area contributed by atoms with E-state index in [2.05, 4.69) is 48.6 Å². The van der Waals surface area contributed by atoms with Crippen LogP contribution in [0.3, 0.4) is 0 Å². The van der Waals surface area contributed by atoms with Crippen LogP contribution < -0.4 is 0 Å². The third kappa shape index (κ3) is 2.08. The van der Waals surface area contributed by atoms with Crippen molar-refractivity contribution in [2.45, 2.75) is 44.4 Å². The molecule has 0 N–H and O–H groups in total. The van der Waals surface area contributed by atoms with Crippen LogP contribution in [0.15, 0.2) is 42.5 Å². The molecule has 2 aromatic carbocycles. The second-order valence-electron chi connectivity index (χ2n) is 6.47. The van der Waals surface area contributed by atoms with Gasteiger partial charge in [-0.3, -0.25) is 0 Å². The predicted octanol–water partition coefficient (Wildman–Crippen LogP) is 5.92. The van der Waals surface area contributed by atoms with Gasteiger partial charge in [-0.1, -0.05) is 61.7 Å². The molecule has 0 heterocycles. The lowest BCUT2D eigenvalue weighted by Gasteiger charge is -2.33. The van der Waals surface area contributed by atoms with Crippen molar-refractivity contribution in [3.05, 3.63) is 53.6 Å². The van der Waals surface area contributed by atoms with Gasteiger partial charge in [-0.05, 0) is 59.1 Å². The number of hydrogen-bond acceptors (Lipinski definition) is 0. The van der Waals surface area contributed by atoms with Crippen LogP contribution in [-0.2, 0) is 0 Å². The van der Waals surface area contributed by atoms with Gasteiger partial charge in [0.05, 0.1) is 0 Å². The lowest BCUT2D eigenvalue weighted by molar-refractivity contribution is 0.304. The van der Waals surface area contributed by atoms with Gasteiger partial charge < -0.3 is 0 Å². The second-order valence-corrected chi connectivity index (χ2v) is 6.47. The third-order valence-corrected chi connectivity index (χ3v) is 5.26. The number of allylic oxidation sites excluding steroid dienone is 1. The van der Waals surface area contributed by atoms with Crippen LogP contribution in [0.25, 0.3) is 16.8 Å². The van der Waals surface area contributed by atoms with Gasteiger partial charge in [0.1, 0.15) is 0 Å². The van der Waals surface area contributed by atoms with E-state index in [1.54, 1.807) is 5.56 Å². The van der Waals surface area contributed by atoms with Crippen LogP contribution in [0.4, 0.5) is 0 Å². The van der Waals surface area contributed by atoms with Gasteiger partial charge >= 0.3 is 0 Å². The fourth-order valence-corrected chi connectivity index (χ4v) is 4.19. The van der Waals surface area contributed by atoms with E-state index in [1.165, 1.54) is 54.9 Å². The van der Waals surface area contributed by atoms with Crippen molar-refractivity contribution in [3.8, 4) is 0 Å². The lowest BCUT2D eigenvalue weighted by Crippen LogP contribution is -2.18. The highest BCUT2D eigenvalue weighted by Gasteiger charge is 2.27. The summed E-state index contributed by atoms with van der Waals surface area (Å²) in [6.45, 7) is 0. The van der Waals surface area contributed by atoms with Crippen molar-refractivity contribution in [3.63, 3.8) is 0 Å². The van der Waals surface area contributed by atoms with E-state index in [1.807, 2.05) is 0 Å². The first-order chi connectivity index (χ1) is 9.92. The Labute approximate surface area is 121 Å². The molecule has 2 aliphatic rings. The van der Waals surface area contributed by atoms with Crippen LogP contribution in [0, 0.1) is 5.92 Å². The molecule has 4 rings (SSSR count). The Balaban J connectivity index is 1.79. The average molecular weight is 262 g/mol. The summed E-state index contributed by atoms with van der Waals surface area (Å²) < 4.78 is 0. The van der Waals surface area contributed by atoms with E-state index >= 15 is 0 Å². The zero-order valence-corrected chi connectivity index (χ0v) is 12.0. The number of rotatable bonds is 1. The average Bonchev–Trinajstić information content (AvgIpc) is 2.53. The van der Waals surface area contributed by atoms with E-state index in [4.69, 9.17) is 0 Å². The van der Waals surface area contributed by atoms with Gasteiger partial charge in [0.15, 0.2) is 0 Å². The molecule has 0 amide bonds. The van der Waals surface area contributed by atoms with Crippen molar-refractivity contribution >= 4 is 16.8 Å². The standard InChI is InChI=1S/C20H22/c1-2-7-15(8-3-1)19-12-6-11-18-13-16-9-4-5-10-17(16)14-20(18)19/h4-6,9-11,13-15,19H,1-3,7-8,12H2. The Hall–Kier alpha value is -1.56. The minimum absolute atomic E-state index is 0.764. The van der Waals surface area contributed by atoms with E-state index in [-0.39, 0.29) is 0 Å². The van der Waals surface area contributed by atoms with Gasteiger partial charge in [-0.25, -0.2) is 0 Å². The molecule has 0 saturated heterocycles. The lowest BCUT2D eigenvalue weighted by atomic mass is 9.72. The molecule has 2 aromatic rings.